The van der Waals surface area contributed by atoms with Crippen LogP contribution in [-0.4, -0.2) is 48.4 Å². The van der Waals surface area contributed by atoms with E-state index in [2.05, 4.69) is 31.1 Å². The van der Waals surface area contributed by atoms with Gasteiger partial charge in [-0.3, -0.25) is 0 Å². The maximum absolute atomic E-state index is 11.9. The van der Waals surface area contributed by atoms with E-state index in [1.165, 1.54) is 0 Å². The zero-order chi connectivity index (χ0) is 13.1. The van der Waals surface area contributed by atoms with Gasteiger partial charge in [0.1, 0.15) is 0 Å². The van der Waals surface area contributed by atoms with Crippen LogP contribution in [0.5, 0.6) is 0 Å². The molecule has 1 saturated heterocycles. The highest BCUT2D eigenvalue weighted by Crippen LogP contribution is 2.29. The summed E-state index contributed by atoms with van der Waals surface area (Å²) in [6.07, 6.45) is 1.01. The summed E-state index contributed by atoms with van der Waals surface area (Å²) in [5, 5.41) is 3.25. The number of piperidine rings is 1. The van der Waals surface area contributed by atoms with Crippen molar-refractivity contribution in [1.29, 1.82) is 0 Å². The van der Waals surface area contributed by atoms with Gasteiger partial charge < -0.3 is 10.2 Å². The zero-order valence-corrected chi connectivity index (χ0v) is 11.4. The lowest BCUT2D eigenvalue weighted by Crippen LogP contribution is -2.51. The van der Waals surface area contributed by atoms with E-state index in [1.807, 2.05) is 0 Å². The van der Waals surface area contributed by atoms with E-state index >= 15 is 0 Å². The molecular weight excluding hydrogens is 249 g/mol. The molecule has 1 fully saturated rings. The molecule has 1 N–H and O–H groups in total. The molecule has 6 heteroatoms. The van der Waals surface area contributed by atoms with Crippen molar-refractivity contribution in [2.24, 2.45) is 5.92 Å². The molecule has 1 rings (SSSR count). The minimum Gasteiger partial charge on any atom is -0.313 e. The first kappa shape index (κ1) is 15.1. The highest BCUT2D eigenvalue weighted by atomic mass is 32.2. The summed E-state index contributed by atoms with van der Waals surface area (Å²) in [5.74, 6) is 0.587. The predicted molar refractivity (Wildman–Crippen MR) is 66.2 cm³/mol. The van der Waals surface area contributed by atoms with Crippen molar-refractivity contribution in [3.8, 4) is 0 Å². The number of hydrogen-bond donors (Lipinski definition) is 1. The van der Waals surface area contributed by atoms with Crippen molar-refractivity contribution in [3.63, 3.8) is 0 Å². The first-order valence-electron chi connectivity index (χ1n) is 5.94. The monoisotopic (exact) mass is 270 g/mol. The Bertz CT molecular complexity index is 235. The molecule has 1 aliphatic rings. The lowest BCUT2D eigenvalue weighted by atomic mass is 9.90. The second kappa shape index (κ2) is 6.29. The van der Waals surface area contributed by atoms with Crippen LogP contribution >= 0.6 is 11.8 Å². The quantitative estimate of drug-likeness (QED) is 0.790. The molecule has 0 amide bonds. The third-order valence-electron chi connectivity index (χ3n) is 3.38. The molecule has 1 heterocycles. The summed E-state index contributed by atoms with van der Waals surface area (Å²) < 4.78 is 35.8. The molecule has 102 valence electrons. The first-order chi connectivity index (χ1) is 7.79. The molecule has 0 aliphatic carbocycles. The van der Waals surface area contributed by atoms with Gasteiger partial charge in [-0.2, -0.15) is 13.2 Å². The SMILES string of the molecule is CC1CN(C)C(C)CC1NCCSC(F)(F)F. The van der Waals surface area contributed by atoms with Crippen molar-refractivity contribution in [3.05, 3.63) is 0 Å². The van der Waals surface area contributed by atoms with Crippen LogP contribution in [0.25, 0.3) is 0 Å². The van der Waals surface area contributed by atoms with Gasteiger partial charge in [0.2, 0.25) is 0 Å². The molecule has 0 aromatic rings. The Balaban J connectivity index is 2.23. The second-order valence-corrected chi connectivity index (χ2v) is 6.02. The van der Waals surface area contributed by atoms with E-state index in [9.17, 15) is 13.2 Å². The third-order valence-corrected chi connectivity index (χ3v) is 4.12. The largest absolute Gasteiger partial charge is 0.441 e. The van der Waals surface area contributed by atoms with Crippen molar-refractivity contribution in [2.75, 3.05) is 25.9 Å². The van der Waals surface area contributed by atoms with E-state index in [1.54, 1.807) is 0 Å². The average Bonchev–Trinajstić information content (AvgIpc) is 2.18. The van der Waals surface area contributed by atoms with Gasteiger partial charge >= 0.3 is 5.51 Å². The van der Waals surface area contributed by atoms with Crippen LogP contribution in [0.2, 0.25) is 0 Å². The smallest absolute Gasteiger partial charge is 0.313 e. The number of rotatable bonds is 4. The molecule has 2 nitrogen and oxygen atoms in total. The van der Waals surface area contributed by atoms with Crippen molar-refractivity contribution < 1.29 is 13.2 Å². The van der Waals surface area contributed by atoms with Crippen LogP contribution in [0.3, 0.4) is 0 Å². The van der Waals surface area contributed by atoms with Gasteiger partial charge in [-0.05, 0) is 38.1 Å². The van der Waals surface area contributed by atoms with E-state index in [0.717, 1.165) is 13.0 Å². The fourth-order valence-corrected chi connectivity index (χ4v) is 2.69. The highest BCUT2D eigenvalue weighted by Gasteiger charge is 2.30. The number of nitrogens with zero attached hydrogens (tertiary/aromatic N) is 1. The normalized spacial score (nSPS) is 31.8. The topological polar surface area (TPSA) is 15.3 Å². The Morgan fingerprint density at radius 2 is 2.00 bits per heavy atom. The standard InChI is InChI=1S/C11H21F3N2S/c1-8-7-16(3)9(2)6-10(8)15-4-5-17-11(12,13)14/h8-10,15H,4-7H2,1-3H3. The van der Waals surface area contributed by atoms with Crippen LogP contribution in [-0.2, 0) is 0 Å². The van der Waals surface area contributed by atoms with Gasteiger partial charge in [0.15, 0.2) is 0 Å². The number of thioether (sulfide) groups is 1. The van der Waals surface area contributed by atoms with Gasteiger partial charge in [-0.25, -0.2) is 0 Å². The summed E-state index contributed by atoms with van der Waals surface area (Å²) in [4.78, 5) is 2.30. The van der Waals surface area contributed by atoms with Crippen LogP contribution < -0.4 is 5.32 Å². The molecule has 0 bridgehead atoms. The summed E-state index contributed by atoms with van der Waals surface area (Å²) >= 11 is 0.0518. The Labute approximate surface area is 105 Å². The van der Waals surface area contributed by atoms with E-state index in [4.69, 9.17) is 0 Å². The number of halogens is 3. The summed E-state index contributed by atoms with van der Waals surface area (Å²) in [7, 11) is 2.09. The minimum absolute atomic E-state index is 0.0518. The van der Waals surface area contributed by atoms with Crippen molar-refractivity contribution in [1.82, 2.24) is 10.2 Å². The summed E-state index contributed by atoms with van der Waals surface area (Å²) in [6, 6.07) is 0.842. The average molecular weight is 270 g/mol. The predicted octanol–water partition coefficient (Wildman–Crippen LogP) is 2.56. The Morgan fingerprint density at radius 3 is 2.59 bits per heavy atom. The zero-order valence-electron chi connectivity index (χ0n) is 10.5. The second-order valence-electron chi connectivity index (χ2n) is 4.86. The minimum atomic E-state index is -4.10. The molecular formula is C11H21F3N2S. The Morgan fingerprint density at radius 1 is 1.35 bits per heavy atom. The number of nitrogens with one attached hydrogen (secondary N) is 1. The van der Waals surface area contributed by atoms with Crippen molar-refractivity contribution >= 4 is 11.8 Å². The Hall–Kier alpha value is 0.0600. The molecule has 0 aromatic carbocycles. The Kier molecular flexibility index (Phi) is 5.60. The van der Waals surface area contributed by atoms with Crippen molar-refractivity contribution in [2.45, 2.75) is 37.9 Å². The highest BCUT2D eigenvalue weighted by molar-refractivity contribution is 8.00. The van der Waals surface area contributed by atoms with Gasteiger partial charge in [0, 0.05) is 30.9 Å². The van der Waals surface area contributed by atoms with Crippen LogP contribution in [0.15, 0.2) is 0 Å². The van der Waals surface area contributed by atoms with Crippen LogP contribution in [0, 0.1) is 5.92 Å². The van der Waals surface area contributed by atoms with E-state index in [-0.39, 0.29) is 17.5 Å². The molecule has 0 saturated carbocycles. The molecule has 0 aromatic heterocycles. The van der Waals surface area contributed by atoms with Gasteiger partial charge in [0.05, 0.1) is 0 Å². The van der Waals surface area contributed by atoms with E-state index in [0.29, 0.717) is 24.5 Å². The molecule has 3 unspecified atom stereocenters. The summed E-state index contributed by atoms with van der Waals surface area (Å²) in [6.45, 7) is 5.74. The first-order valence-corrected chi connectivity index (χ1v) is 6.92. The van der Waals surface area contributed by atoms with E-state index < -0.39 is 5.51 Å². The lowest BCUT2D eigenvalue weighted by molar-refractivity contribution is -0.0327. The molecule has 0 radical (unpaired) electrons. The summed E-state index contributed by atoms with van der Waals surface area (Å²) in [5.41, 5.74) is -4.10. The maximum atomic E-state index is 11.9. The lowest BCUT2D eigenvalue weighted by Gasteiger charge is -2.40. The fourth-order valence-electron chi connectivity index (χ4n) is 2.24. The van der Waals surface area contributed by atoms with Gasteiger partial charge in [-0.1, -0.05) is 6.92 Å². The fraction of sp³-hybridized carbons (Fsp3) is 1.00. The molecule has 3 atom stereocenters. The van der Waals surface area contributed by atoms with Gasteiger partial charge in [-0.15, -0.1) is 0 Å². The third kappa shape index (κ3) is 5.48. The van der Waals surface area contributed by atoms with Crippen LogP contribution in [0.1, 0.15) is 20.3 Å². The molecule has 1 aliphatic heterocycles. The molecule has 0 spiro atoms. The number of alkyl halides is 3. The number of likely N-dealkylation sites (tertiary alicyclic amines) is 1. The maximum Gasteiger partial charge on any atom is 0.441 e. The number of hydrogen-bond acceptors (Lipinski definition) is 3. The van der Waals surface area contributed by atoms with Crippen LogP contribution in [0.4, 0.5) is 13.2 Å². The van der Waals surface area contributed by atoms with Gasteiger partial charge in [0.25, 0.3) is 0 Å². The molecule has 17 heavy (non-hydrogen) atoms.